The van der Waals surface area contributed by atoms with Crippen molar-refractivity contribution in [3.8, 4) is 16.9 Å². The molecule has 0 amide bonds. The quantitative estimate of drug-likeness (QED) is 0.187. The van der Waals surface area contributed by atoms with Gasteiger partial charge >= 0.3 is 11.9 Å². The number of carbonyl (C=O) groups excluding carboxylic acids is 1. The third-order valence-electron chi connectivity index (χ3n) is 8.10. The lowest BCUT2D eigenvalue weighted by atomic mass is 9.88. The van der Waals surface area contributed by atoms with E-state index in [1.807, 2.05) is 48.5 Å². The molecule has 1 unspecified atom stereocenters. The van der Waals surface area contributed by atoms with Crippen molar-refractivity contribution in [3.05, 3.63) is 124 Å². The van der Waals surface area contributed by atoms with E-state index in [9.17, 15) is 9.59 Å². The second-order valence-electron chi connectivity index (χ2n) is 10.5. The van der Waals surface area contributed by atoms with Crippen molar-refractivity contribution >= 4 is 11.9 Å². The maximum atomic E-state index is 13.9. The van der Waals surface area contributed by atoms with Crippen LogP contribution in [0.2, 0.25) is 0 Å². The van der Waals surface area contributed by atoms with Gasteiger partial charge in [-0.3, -0.25) is 9.59 Å². The summed E-state index contributed by atoms with van der Waals surface area (Å²) in [7, 11) is 0. The molecule has 40 heavy (non-hydrogen) atoms. The Balaban J connectivity index is 1.24. The summed E-state index contributed by atoms with van der Waals surface area (Å²) in [5, 5.41) is 8.84. The molecule has 0 radical (unpaired) electrons. The maximum absolute atomic E-state index is 13.9. The van der Waals surface area contributed by atoms with E-state index in [0.717, 1.165) is 40.8 Å². The molecule has 0 spiro atoms. The number of carboxylic acids is 1. The van der Waals surface area contributed by atoms with Crippen LogP contribution in [0.4, 0.5) is 0 Å². The lowest BCUT2D eigenvalue weighted by Gasteiger charge is -2.21. The van der Waals surface area contributed by atoms with E-state index in [1.165, 1.54) is 22.3 Å². The van der Waals surface area contributed by atoms with E-state index >= 15 is 0 Å². The fourth-order valence-corrected chi connectivity index (χ4v) is 6.16. The number of aliphatic carboxylic acids is 1. The Morgan fingerprint density at radius 2 is 1.35 bits per heavy atom. The summed E-state index contributed by atoms with van der Waals surface area (Å²) in [6.45, 7) is 0.750. The summed E-state index contributed by atoms with van der Waals surface area (Å²) in [6, 6.07) is 30.8. The van der Waals surface area contributed by atoms with Crippen LogP contribution in [0.25, 0.3) is 11.1 Å². The number of esters is 1. The zero-order valence-electron chi connectivity index (χ0n) is 22.3. The summed E-state index contributed by atoms with van der Waals surface area (Å²) >= 11 is 0. The van der Waals surface area contributed by atoms with Crippen molar-refractivity contribution in [1.29, 1.82) is 0 Å². The number of rotatable bonds is 9. The zero-order valence-corrected chi connectivity index (χ0v) is 22.3. The smallest absolute Gasteiger partial charge is 0.317 e. The van der Waals surface area contributed by atoms with Gasteiger partial charge in [0.15, 0.2) is 0 Å². The van der Waals surface area contributed by atoms with Gasteiger partial charge in [0, 0.05) is 12.3 Å². The first kappa shape index (κ1) is 25.9. The number of carbonyl (C=O) groups is 2. The van der Waals surface area contributed by atoms with Crippen LogP contribution in [-0.2, 0) is 27.2 Å². The van der Waals surface area contributed by atoms with Gasteiger partial charge in [0.25, 0.3) is 0 Å². The topological polar surface area (TPSA) is 72.8 Å². The molecule has 2 aliphatic carbocycles. The average molecular weight is 533 g/mol. The molecule has 0 saturated carbocycles. The van der Waals surface area contributed by atoms with Crippen LogP contribution in [0, 0.1) is 0 Å². The Morgan fingerprint density at radius 3 is 2.08 bits per heavy atom. The van der Waals surface area contributed by atoms with Crippen molar-refractivity contribution in [2.45, 2.75) is 43.9 Å². The SMILES string of the molecule is O=C(O)CCCCOc1ccc2c(c1)CCc1ccccc1C2C(=O)OCC1c2ccccc2-c2ccccc21. The fraction of sp³-hybridized carbons (Fsp3) is 0.257. The molecule has 1 atom stereocenters. The minimum absolute atomic E-state index is 0.00810. The molecule has 0 fully saturated rings. The molecule has 4 aromatic rings. The van der Waals surface area contributed by atoms with E-state index in [-0.39, 0.29) is 18.3 Å². The minimum atomic E-state index is -0.788. The Morgan fingerprint density at radius 1 is 0.725 bits per heavy atom. The normalized spacial score (nSPS) is 15.2. The largest absolute Gasteiger partial charge is 0.494 e. The van der Waals surface area contributed by atoms with Crippen LogP contribution in [0.3, 0.4) is 0 Å². The van der Waals surface area contributed by atoms with Crippen molar-refractivity contribution in [2.75, 3.05) is 13.2 Å². The number of carboxylic acid groups (broad SMARTS) is 1. The van der Waals surface area contributed by atoms with E-state index in [2.05, 4.69) is 42.5 Å². The number of fused-ring (bicyclic) bond motifs is 5. The zero-order chi connectivity index (χ0) is 27.5. The van der Waals surface area contributed by atoms with Gasteiger partial charge < -0.3 is 14.6 Å². The van der Waals surface area contributed by atoms with Crippen LogP contribution in [0.1, 0.15) is 64.5 Å². The number of hydrogen-bond acceptors (Lipinski definition) is 4. The van der Waals surface area contributed by atoms with Crippen LogP contribution in [0.5, 0.6) is 5.75 Å². The van der Waals surface area contributed by atoms with E-state index in [1.54, 1.807) is 0 Å². The first-order valence-corrected chi connectivity index (χ1v) is 14.0. The standard InChI is InChI=1S/C35H32O5/c36-33(37)15-7-8-20-39-25-18-19-27-24(21-25)17-16-23-9-1-2-10-26(23)34(27)35(38)40-22-32-30-13-5-3-11-28(30)29-12-4-6-14-31(29)32/h1-6,9-14,18-19,21,32,34H,7-8,15-17,20,22H2,(H,36,37). The molecule has 202 valence electrons. The molecular formula is C35H32O5. The third-order valence-corrected chi connectivity index (χ3v) is 8.10. The maximum Gasteiger partial charge on any atom is 0.317 e. The lowest BCUT2D eigenvalue weighted by Crippen LogP contribution is -2.21. The Kier molecular flexibility index (Phi) is 7.37. The highest BCUT2D eigenvalue weighted by atomic mass is 16.5. The second-order valence-corrected chi connectivity index (χ2v) is 10.5. The molecule has 0 heterocycles. The van der Waals surface area contributed by atoms with Crippen molar-refractivity contribution in [2.24, 2.45) is 0 Å². The van der Waals surface area contributed by atoms with Gasteiger partial charge in [0.1, 0.15) is 18.3 Å². The molecule has 0 bridgehead atoms. The minimum Gasteiger partial charge on any atom is -0.494 e. The molecule has 0 saturated heterocycles. The third kappa shape index (κ3) is 5.12. The fourth-order valence-electron chi connectivity index (χ4n) is 6.16. The summed E-state index contributed by atoms with van der Waals surface area (Å²) in [4.78, 5) is 24.7. The Hall–Kier alpha value is -4.38. The summed E-state index contributed by atoms with van der Waals surface area (Å²) in [6.07, 6.45) is 3.04. The molecule has 4 aromatic carbocycles. The molecule has 0 aromatic heterocycles. The number of hydrogen-bond donors (Lipinski definition) is 1. The molecule has 5 nitrogen and oxygen atoms in total. The van der Waals surface area contributed by atoms with Gasteiger partial charge in [0.05, 0.1) is 6.61 Å². The van der Waals surface area contributed by atoms with Gasteiger partial charge in [-0.05, 0) is 82.3 Å². The van der Waals surface area contributed by atoms with Gasteiger partial charge in [-0.25, -0.2) is 0 Å². The van der Waals surface area contributed by atoms with Crippen LogP contribution >= 0.6 is 0 Å². The van der Waals surface area contributed by atoms with Crippen molar-refractivity contribution in [3.63, 3.8) is 0 Å². The Labute approximate surface area is 234 Å². The van der Waals surface area contributed by atoms with Crippen molar-refractivity contribution in [1.82, 2.24) is 0 Å². The summed E-state index contributed by atoms with van der Waals surface area (Å²) in [5.41, 5.74) is 9.01. The second kappa shape index (κ2) is 11.4. The van der Waals surface area contributed by atoms with Gasteiger partial charge in [0.2, 0.25) is 0 Å². The highest BCUT2D eigenvalue weighted by Crippen LogP contribution is 2.45. The number of ether oxygens (including phenoxy) is 2. The number of benzene rings is 4. The number of unbranched alkanes of at least 4 members (excludes halogenated alkanes) is 1. The molecule has 1 N–H and O–H groups in total. The van der Waals surface area contributed by atoms with Gasteiger partial charge in [-0.1, -0.05) is 78.9 Å². The lowest BCUT2D eigenvalue weighted by molar-refractivity contribution is -0.144. The van der Waals surface area contributed by atoms with E-state index < -0.39 is 11.9 Å². The molecule has 6 rings (SSSR count). The van der Waals surface area contributed by atoms with Gasteiger partial charge in [-0.2, -0.15) is 0 Å². The average Bonchev–Trinajstić information content (AvgIpc) is 3.19. The highest BCUT2D eigenvalue weighted by molar-refractivity contribution is 5.84. The summed E-state index contributed by atoms with van der Waals surface area (Å²) < 4.78 is 12.1. The van der Waals surface area contributed by atoms with Crippen LogP contribution < -0.4 is 4.74 Å². The molecule has 5 heteroatoms. The van der Waals surface area contributed by atoms with Crippen LogP contribution in [0.15, 0.2) is 91.0 Å². The summed E-state index contributed by atoms with van der Waals surface area (Å²) in [5.74, 6) is -0.783. The van der Waals surface area contributed by atoms with Crippen LogP contribution in [-0.4, -0.2) is 30.3 Å². The van der Waals surface area contributed by atoms with Gasteiger partial charge in [-0.15, -0.1) is 0 Å². The predicted octanol–water partition coefficient (Wildman–Crippen LogP) is 6.91. The first-order chi connectivity index (χ1) is 19.6. The monoisotopic (exact) mass is 532 g/mol. The molecular weight excluding hydrogens is 500 g/mol. The first-order valence-electron chi connectivity index (χ1n) is 14.0. The molecule has 2 aliphatic rings. The van der Waals surface area contributed by atoms with E-state index in [0.29, 0.717) is 26.1 Å². The highest BCUT2D eigenvalue weighted by Gasteiger charge is 2.34. The predicted molar refractivity (Wildman–Crippen MR) is 154 cm³/mol. The molecule has 0 aliphatic heterocycles. The van der Waals surface area contributed by atoms with Crippen molar-refractivity contribution < 1.29 is 24.2 Å². The Bertz CT molecular complexity index is 1510. The number of aryl methyl sites for hydroxylation is 2. The van der Waals surface area contributed by atoms with E-state index in [4.69, 9.17) is 14.6 Å².